The van der Waals surface area contributed by atoms with Crippen LogP contribution in [0.2, 0.25) is 0 Å². The zero-order valence-corrected chi connectivity index (χ0v) is 8.18. The van der Waals surface area contributed by atoms with Gasteiger partial charge >= 0.3 is 11.9 Å². The van der Waals surface area contributed by atoms with Crippen molar-refractivity contribution in [3.63, 3.8) is 0 Å². The van der Waals surface area contributed by atoms with Crippen molar-refractivity contribution in [3.05, 3.63) is 0 Å². The Morgan fingerprint density at radius 3 is 2.80 bits per heavy atom. The molecule has 0 aromatic heterocycles. The predicted molar refractivity (Wildman–Crippen MR) is 46.4 cm³/mol. The van der Waals surface area contributed by atoms with Gasteiger partial charge in [-0.25, -0.2) is 4.79 Å². The average molecular weight is 222 g/mol. The van der Waals surface area contributed by atoms with Gasteiger partial charge in [0.2, 0.25) is 5.91 Å². The Kier molecular flexibility index (Phi) is 3.57. The third-order valence-corrected chi connectivity index (χ3v) is 1.99. The van der Waals surface area contributed by atoms with Gasteiger partial charge in [0.1, 0.15) is 6.10 Å². The third kappa shape index (κ3) is 3.12. The average Bonchev–Trinajstić information content (AvgIpc) is 2.40. The molecule has 2 N–H and O–H groups in total. The minimum absolute atomic E-state index is 0.0100. The van der Waals surface area contributed by atoms with Crippen molar-refractivity contribution in [1.29, 1.82) is 0 Å². The Balaban J connectivity index is 2.25. The number of amides is 1. The van der Waals surface area contributed by atoms with E-state index in [2.05, 4.69) is 15.4 Å². The number of ether oxygens (including phenoxy) is 1. The fraction of sp³-hybridized carbons (Fsp3) is 0.750. The highest BCUT2D eigenvalue weighted by atomic mass is 19.3. The largest absolute Gasteiger partial charge is 0.456 e. The van der Waals surface area contributed by atoms with E-state index in [9.17, 15) is 18.4 Å². The lowest BCUT2D eigenvalue weighted by Gasteiger charge is -2.08. The van der Waals surface area contributed by atoms with Crippen molar-refractivity contribution in [2.75, 3.05) is 20.1 Å². The Labute approximate surface area is 85.2 Å². The molecule has 1 atom stereocenters. The van der Waals surface area contributed by atoms with E-state index < -0.39 is 24.4 Å². The molecule has 5 nitrogen and oxygen atoms in total. The minimum atomic E-state index is -3.39. The summed E-state index contributed by atoms with van der Waals surface area (Å²) in [6.07, 6.45) is -1.50. The molecule has 0 aromatic carbocycles. The van der Waals surface area contributed by atoms with E-state index in [0.29, 0.717) is 0 Å². The second-order valence-corrected chi connectivity index (χ2v) is 3.24. The van der Waals surface area contributed by atoms with E-state index >= 15 is 0 Å². The molecule has 0 saturated carbocycles. The molecular formula is C8H12F2N2O3. The van der Waals surface area contributed by atoms with Crippen LogP contribution in [0, 0.1) is 0 Å². The molecule has 0 bridgehead atoms. The fourth-order valence-electron chi connectivity index (χ4n) is 1.20. The van der Waals surface area contributed by atoms with Crippen molar-refractivity contribution in [1.82, 2.24) is 10.6 Å². The number of hydrogen-bond donors (Lipinski definition) is 2. The van der Waals surface area contributed by atoms with E-state index in [0.717, 1.165) is 0 Å². The van der Waals surface area contributed by atoms with Gasteiger partial charge in [-0.2, -0.15) is 8.78 Å². The molecule has 15 heavy (non-hydrogen) atoms. The van der Waals surface area contributed by atoms with Crippen LogP contribution < -0.4 is 10.6 Å². The van der Waals surface area contributed by atoms with Gasteiger partial charge in [0.15, 0.2) is 0 Å². The van der Waals surface area contributed by atoms with Crippen LogP contribution in [0.25, 0.3) is 0 Å². The van der Waals surface area contributed by atoms with Gasteiger partial charge in [0, 0.05) is 13.6 Å². The van der Waals surface area contributed by atoms with Gasteiger partial charge in [0.25, 0.3) is 0 Å². The van der Waals surface area contributed by atoms with Crippen LogP contribution in [0.5, 0.6) is 0 Å². The van der Waals surface area contributed by atoms with Crippen LogP contribution >= 0.6 is 0 Å². The topological polar surface area (TPSA) is 67.4 Å². The van der Waals surface area contributed by atoms with E-state index in [1.807, 2.05) is 0 Å². The Morgan fingerprint density at radius 2 is 2.33 bits per heavy atom. The van der Waals surface area contributed by atoms with Crippen LogP contribution in [0.15, 0.2) is 0 Å². The number of halogens is 2. The quantitative estimate of drug-likeness (QED) is 0.615. The lowest BCUT2D eigenvalue weighted by Crippen LogP contribution is -2.35. The maximum Gasteiger partial charge on any atom is 0.377 e. The molecular weight excluding hydrogens is 210 g/mol. The number of hydrogen-bond acceptors (Lipinski definition) is 4. The van der Waals surface area contributed by atoms with E-state index in [1.54, 1.807) is 0 Å². The van der Waals surface area contributed by atoms with Crippen molar-refractivity contribution in [2.45, 2.75) is 18.4 Å². The molecule has 1 fully saturated rings. The molecule has 0 spiro atoms. The monoisotopic (exact) mass is 222 g/mol. The normalized spacial score (nSPS) is 23.7. The molecule has 86 valence electrons. The molecule has 1 saturated heterocycles. The van der Waals surface area contributed by atoms with Gasteiger partial charge in [0.05, 0.1) is 13.0 Å². The number of esters is 1. The summed E-state index contributed by atoms with van der Waals surface area (Å²) in [6, 6.07) is 0. The summed E-state index contributed by atoms with van der Waals surface area (Å²) < 4.78 is 29.7. The summed E-state index contributed by atoms with van der Waals surface area (Å²) >= 11 is 0. The Hall–Kier alpha value is -1.24. The van der Waals surface area contributed by atoms with Crippen LogP contribution in [-0.4, -0.2) is 44.0 Å². The minimum Gasteiger partial charge on any atom is -0.456 e. The molecule has 0 aliphatic carbocycles. The number of cyclic esters (lactones) is 1. The first-order valence-corrected chi connectivity index (χ1v) is 4.46. The maximum atomic E-state index is 12.7. The highest BCUT2D eigenvalue weighted by molar-refractivity contribution is 5.80. The molecule has 1 rings (SSSR count). The highest BCUT2D eigenvalue weighted by Gasteiger charge is 2.50. The standard InChI is InChI=1S/C8H12F2N2O3/c1-11-6(13)4-12-3-5-2-8(9,10)7(14)15-5/h5,12H,2-4H2,1H3,(H,11,13). The van der Waals surface area contributed by atoms with Crippen molar-refractivity contribution < 1.29 is 23.1 Å². The molecule has 1 amide bonds. The Bertz CT molecular complexity index is 271. The highest BCUT2D eigenvalue weighted by Crippen LogP contribution is 2.30. The van der Waals surface area contributed by atoms with Crippen LogP contribution in [0.3, 0.4) is 0 Å². The molecule has 1 unspecified atom stereocenters. The van der Waals surface area contributed by atoms with Gasteiger partial charge in [-0.15, -0.1) is 0 Å². The summed E-state index contributed by atoms with van der Waals surface area (Å²) in [4.78, 5) is 21.3. The molecule has 0 radical (unpaired) electrons. The van der Waals surface area contributed by atoms with E-state index in [4.69, 9.17) is 0 Å². The summed E-state index contributed by atoms with van der Waals surface area (Å²) in [6.45, 7) is 0.0604. The fourth-order valence-corrected chi connectivity index (χ4v) is 1.20. The first kappa shape index (κ1) is 11.8. The maximum absolute atomic E-state index is 12.7. The third-order valence-electron chi connectivity index (χ3n) is 1.99. The lowest BCUT2D eigenvalue weighted by atomic mass is 10.2. The van der Waals surface area contributed by atoms with Gasteiger partial charge in [-0.1, -0.05) is 0 Å². The first-order valence-electron chi connectivity index (χ1n) is 4.46. The zero-order valence-electron chi connectivity index (χ0n) is 8.18. The molecule has 1 aliphatic heterocycles. The van der Waals surface area contributed by atoms with Gasteiger partial charge < -0.3 is 15.4 Å². The zero-order chi connectivity index (χ0) is 11.5. The van der Waals surface area contributed by atoms with E-state index in [1.165, 1.54) is 7.05 Å². The number of rotatable bonds is 4. The van der Waals surface area contributed by atoms with Gasteiger partial charge in [-0.3, -0.25) is 4.79 Å². The predicted octanol–water partition coefficient (Wildman–Crippen LogP) is -0.727. The number of alkyl halides is 2. The number of carbonyl (C=O) groups excluding carboxylic acids is 2. The molecule has 7 heteroatoms. The van der Waals surface area contributed by atoms with E-state index in [-0.39, 0.29) is 19.0 Å². The molecule has 1 aliphatic rings. The summed E-state index contributed by atoms with van der Waals surface area (Å²) in [5, 5.41) is 4.97. The number of likely N-dealkylation sites (N-methyl/N-ethyl adjacent to an activating group) is 1. The SMILES string of the molecule is CNC(=O)CNCC1CC(F)(F)C(=O)O1. The Morgan fingerprint density at radius 1 is 1.67 bits per heavy atom. The number of carbonyl (C=O) groups is 2. The van der Waals surface area contributed by atoms with Gasteiger partial charge in [-0.05, 0) is 0 Å². The number of nitrogens with one attached hydrogen (secondary N) is 2. The van der Waals surface area contributed by atoms with Crippen molar-refractivity contribution >= 4 is 11.9 Å². The van der Waals surface area contributed by atoms with Crippen molar-refractivity contribution in [2.24, 2.45) is 0 Å². The summed E-state index contributed by atoms with van der Waals surface area (Å²) in [7, 11) is 1.47. The lowest BCUT2D eigenvalue weighted by molar-refractivity contribution is -0.158. The molecule has 0 aromatic rings. The summed E-state index contributed by atoms with van der Waals surface area (Å²) in [5.74, 6) is -5.14. The van der Waals surface area contributed by atoms with Crippen LogP contribution in [0.4, 0.5) is 8.78 Å². The second kappa shape index (κ2) is 4.52. The smallest absolute Gasteiger partial charge is 0.377 e. The first-order chi connectivity index (χ1) is 6.95. The second-order valence-electron chi connectivity index (χ2n) is 3.24. The summed E-state index contributed by atoms with van der Waals surface area (Å²) in [5.41, 5.74) is 0. The van der Waals surface area contributed by atoms with Crippen LogP contribution in [0.1, 0.15) is 6.42 Å². The molecule has 1 heterocycles. The van der Waals surface area contributed by atoms with Crippen molar-refractivity contribution in [3.8, 4) is 0 Å². The van der Waals surface area contributed by atoms with Crippen LogP contribution in [-0.2, 0) is 14.3 Å².